The molecule has 0 bridgehead atoms. The Balaban J connectivity index is 1.62. The van der Waals surface area contributed by atoms with E-state index >= 15 is 0 Å². The van der Waals surface area contributed by atoms with E-state index in [1.165, 1.54) is 4.90 Å². The van der Waals surface area contributed by atoms with Crippen LogP contribution in [0.3, 0.4) is 0 Å². The van der Waals surface area contributed by atoms with E-state index in [-0.39, 0.29) is 25.0 Å². The number of carbonyl (C=O) groups is 3. The molecule has 6 atom stereocenters. The highest BCUT2D eigenvalue weighted by atomic mass is 16.6. The fraction of sp³-hybridized carbons (Fsp3) is 0.552. The second-order valence-corrected chi connectivity index (χ2v) is 10.3. The first kappa shape index (κ1) is 25.7. The smallest absolute Gasteiger partial charge is 0.312 e. The molecular formula is C29H36N2O6. The molecule has 4 aliphatic rings. The minimum Gasteiger partial charge on any atom is -0.465 e. The minimum absolute atomic E-state index is 0.213. The maximum absolute atomic E-state index is 14.3. The first-order valence-electron chi connectivity index (χ1n) is 13.5. The highest BCUT2D eigenvalue weighted by molar-refractivity contribution is 5.99. The van der Waals surface area contributed by atoms with Gasteiger partial charge in [0.2, 0.25) is 11.8 Å². The molecule has 8 heteroatoms. The van der Waals surface area contributed by atoms with Crippen LogP contribution >= 0.6 is 0 Å². The largest absolute Gasteiger partial charge is 0.465 e. The number of nitrogens with zero attached hydrogens (tertiary/aromatic N) is 2. The number of hydrogen-bond acceptors (Lipinski definition) is 6. The first-order chi connectivity index (χ1) is 18.0. The number of amides is 2. The van der Waals surface area contributed by atoms with Gasteiger partial charge in [0.15, 0.2) is 0 Å². The summed E-state index contributed by atoms with van der Waals surface area (Å²) in [7, 11) is 0. The Morgan fingerprint density at radius 3 is 2.68 bits per heavy atom. The number of allylic oxidation sites excluding steroid dienone is 1. The van der Waals surface area contributed by atoms with Crippen LogP contribution < -0.4 is 0 Å². The van der Waals surface area contributed by atoms with Gasteiger partial charge in [-0.15, -0.1) is 0 Å². The number of likely N-dealkylation sites (tertiary alicyclic amines) is 1. The van der Waals surface area contributed by atoms with E-state index in [0.29, 0.717) is 19.5 Å². The molecule has 1 N–H and O–H groups in total. The van der Waals surface area contributed by atoms with E-state index in [4.69, 9.17) is 9.47 Å². The quantitative estimate of drug-likeness (QED) is 0.346. The van der Waals surface area contributed by atoms with E-state index in [0.717, 1.165) is 31.2 Å². The van der Waals surface area contributed by atoms with Crippen molar-refractivity contribution in [3.63, 3.8) is 0 Å². The number of cyclic esters (lactones) is 1. The number of ether oxygens (including phenoxy) is 2. The van der Waals surface area contributed by atoms with Gasteiger partial charge in [0, 0.05) is 13.1 Å². The number of hydrogen-bond donors (Lipinski definition) is 1. The van der Waals surface area contributed by atoms with E-state index in [1.54, 1.807) is 4.90 Å². The van der Waals surface area contributed by atoms with Crippen molar-refractivity contribution < 1.29 is 29.0 Å². The second kappa shape index (κ2) is 10.8. The van der Waals surface area contributed by atoms with Gasteiger partial charge in [-0.25, -0.2) is 0 Å². The van der Waals surface area contributed by atoms with Crippen molar-refractivity contribution in [1.82, 2.24) is 9.80 Å². The van der Waals surface area contributed by atoms with Crippen LogP contribution in [0.4, 0.5) is 0 Å². The van der Waals surface area contributed by atoms with E-state index in [1.807, 2.05) is 54.6 Å². The summed E-state index contributed by atoms with van der Waals surface area (Å²) < 4.78 is 12.2. The zero-order valence-corrected chi connectivity index (χ0v) is 21.3. The lowest BCUT2D eigenvalue weighted by molar-refractivity contribution is -0.156. The zero-order chi connectivity index (χ0) is 26.0. The molecule has 1 unspecified atom stereocenters. The monoisotopic (exact) mass is 508 g/mol. The Kier molecular flexibility index (Phi) is 7.49. The predicted octanol–water partition coefficient (Wildman–Crippen LogP) is 2.78. The SMILES string of the molecule is CCCCCN1CC=C[C@]23O[C@@H]4/C=C\CCCOC(=O)[C@@H]4[C@H]2C(=O)N([C@H](CO)c2ccccc2)C3C1=O. The Morgan fingerprint density at radius 1 is 1.11 bits per heavy atom. The molecule has 2 saturated heterocycles. The number of benzene rings is 1. The molecule has 0 aliphatic carbocycles. The number of carbonyl (C=O) groups excluding carboxylic acids is 3. The van der Waals surface area contributed by atoms with E-state index in [9.17, 15) is 19.5 Å². The van der Waals surface area contributed by atoms with Crippen LogP contribution in [0.25, 0.3) is 0 Å². The number of esters is 1. The molecule has 4 aliphatic heterocycles. The molecule has 5 rings (SSSR count). The van der Waals surface area contributed by atoms with Crippen molar-refractivity contribution in [1.29, 1.82) is 0 Å². The van der Waals surface area contributed by atoms with Gasteiger partial charge in [-0.2, -0.15) is 0 Å². The molecule has 1 spiro atoms. The van der Waals surface area contributed by atoms with Gasteiger partial charge in [0.1, 0.15) is 17.6 Å². The van der Waals surface area contributed by atoms with Crippen LogP contribution in [-0.4, -0.2) is 76.7 Å². The average Bonchev–Trinajstić information content (AvgIpc) is 3.32. The third-order valence-corrected chi connectivity index (χ3v) is 8.10. The summed E-state index contributed by atoms with van der Waals surface area (Å²) in [6.45, 7) is 3.00. The van der Waals surface area contributed by atoms with Crippen LogP contribution in [0.1, 0.15) is 50.6 Å². The molecule has 1 aromatic rings. The fourth-order valence-corrected chi connectivity index (χ4v) is 6.36. The van der Waals surface area contributed by atoms with Gasteiger partial charge < -0.3 is 24.4 Å². The van der Waals surface area contributed by atoms with Crippen molar-refractivity contribution in [2.75, 3.05) is 26.3 Å². The summed E-state index contributed by atoms with van der Waals surface area (Å²) in [6, 6.07) is 7.47. The summed E-state index contributed by atoms with van der Waals surface area (Å²) in [6.07, 6.45) is 11.2. The van der Waals surface area contributed by atoms with Crippen LogP contribution in [0.2, 0.25) is 0 Å². The molecule has 198 valence electrons. The number of unbranched alkanes of at least 4 members (excludes halogenated alkanes) is 2. The van der Waals surface area contributed by atoms with Crippen LogP contribution in [0.15, 0.2) is 54.6 Å². The highest BCUT2D eigenvalue weighted by Crippen LogP contribution is 2.54. The topological polar surface area (TPSA) is 96.4 Å². The lowest BCUT2D eigenvalue weighted by Gasteiger charge is -2.38. The lowest BCUT2D eigenvalue weighted by Crippen LogP contribution is -2.56. The normalized spacial score (nSPS) is 33.0. The zero-order valence-electron chi connectivity index (χ0n) is 21.3. The molecule has 1 aromatic carbocycles. The molecule has 2 amide bonds. The molecule has 4 heterocycles. The summed E-state index contributed by atoms with van der Waals surface area (Å²) >= 11 is 0. The Hall–Kier alpha value is -2.97. The van der Waals surface area contributed by atoms with E-state index < -0.39 is 41.6 Å². The molecule has 0 aromatic heterocycles. The maximum Gasteiger partial charge on any atom is 0.312 e. The van der Waals surface area contributed by atoms with Crippen molar-refractivity contribution in [3.8, 4) is 0 Å². The lowest BCUT2D eigenvalue weighted by atomic mass is 9.78. The van der Waals surface area contributed by atoms with Crippen LogP contribution in [-0.2, 0) is 23.9 Å². The van der Waals surface area contributed by atoms with Gasteiger partial charge in [-0.05, 0) is 24.8 Å². The number of aliphatic hydroxyl groups excluding tert-OH is 1. The Morgan fingerprint density at radius 2 is 1.92 bits per heavy atom. The van der Waals surface area contributed by atoms with Crippen LogP contribution in [0, 0.1) is 11.8 Å². The average molecular weight is 509 g/mol. The number of aliphatic hydroxyl groups is 1. The minimum atomic E-state index is -1.33. The molecule has 8 nitrogen and oxygen atoms in total. The van der Waals surface area contributed by atoms with Crippen LogP contribution in [0.5, 0.6) is 0 Å². The summed E-state index contributed by atoms with van der Waals surface area (Å²) in [5, 5.41) is 10.5. The van der Waals surface area contributed by atoms with Gasteiger partial charge in [0.25, 0.3) is 0 Å². The second-order valence-electron chi connectivity index (χ2n) is 10.3. The molecule has 2 fully saturated rings. The number of rotatable bonds is 7. The molecular weight excluding hydrogens is 472 g/mol. The maximum atomic E-state index is 14.3. The molecule has 37 heavy (non-hydrogen) atoms. The predicted molar refractivity (Wildman–Crippen MR) is 136 cm³/mol. The van der Waals surface area contributed by atoms with Crippen molar-refractivity contribution in [2.45, 2.75) is 62.8 Å². The number of fused-ring (bicyclic) bond motifs is 2. The Bertz CT molecular complexity index is 1070. The molecule has 0 radical (unpaired) electrons. The van der Waals surface area contributed by atoms with Gasteiger partial charge in [-0.3, -0.25) is 14.4 Å². The van der Waals surface area contributed by atoms with Gasteiger partial charge in [0.05, 0.1) is 31.3 Å². The summed E-state index contributed by atoms with van der Waals surface area (Å²) in [5.74, 6) is -2.84. The first-order valence-corrected chi connectivity index (χ1v) is 13.5. The fourth-order valence-electron chi connectivity index (χ4n) is 6.36. The van der Waals surface area contributed by atoms with Gasteiger partial charge >= 0.3 is 5.97 Å². The van der Waals surface area contributed by atoms with Crippen molar-refractivity contribution >= 4 is 17.8 Å². The Labute approximate surface area is 217 Å². The third-order valence-electron chi connectivity index (χ3n) is 8.10. The highest BCUT2D eigenvalue weighted by Gasteiger charge is 2.72. The van der Waals surface area contributed by atoms with Gasteiger partial charge in [-0.1, -0.05) is 74.4 Å². The molecule has 0 saturated carbocycles. The standard InChI is InChI=1S/C29H36N2O6/c1-2-3-9-16-30-17-11-15-29-24(23-22(37-29)14-8-5-10-18-36-28(23)35)26(33)31(25(29)27(30)34)21(19-32)20-12-6-4-7-13-20/h4,6-8,11-15,21-25,32H,2-3,5,9-10,16-19H2,1H3/b14-8-/t21-,22-,23+,24+,25?,29+/m1/s1. The summed E-state index contributed by atoms with van der Waals surface area (Å²) in [4.78, 5) is 45.1. The third kappa shape index (κ3) is 4.40. The van der Waals surface area contributed by atoms with E-state index in [2.05, 4.69) is 6.92 Å². The van der Waals surface area contributed by atoms with Crippen molar-refractivity contribution in [3.05, 3.63) is 60.2 Å². The summed E-state index contributed by atoms with van der Waals surface area (Å²) in [5.41, 5.74) is -0.603. The van der Waals surface area contributed by atoms with Crippen molar-refractivity contribution in [2.24, 2.45) is 11.8 Å².